The van der Waals surface area contributed by atoms with Gasteiger partial charge >= 0.3 is 0 Å². The molecule has 0 bridgehead atoms. The number of pyridine rings is 1. The average molecular weight is 353 g/mol. The van der Waals surface area contributed by atoms with E-state index in [0.29, 0.717) is 12.4 Å². The van der Waals surface area contributed by atoms with Gasteiger partial charge in [-0.05, 0) is 28.9 Å². The maximum atomic E-state index is 5.14. The minimum Gasteiger partial charge on any atom is -0.365 e. The van der Waals surface area contributed by atoms with Crippen molar-refractivity contribution in [3.05, 3.63) is 34.8 Å². The number of aromatic nitrogens is 3. The predicted octanol–water partition coefficient (Wildman–Crippen LogP) is 2.64. The van der Waals surface area contributed by atoms with Gasteiger partial charge in [0, 0.05) is 42.7 Å². The second kappa shape index (κ2) is 7.44. The fraction of sp³-hybridized carbons (Fsp3) is 0.357. The fourth-order valence-electron chi connectivity index (χ4n) is 1.81. The van der Waals surface area contributed by atoms with Gasteiger partial charge in [0.15, 0.2) is 6.29 Å². The van der Waals surface area contributed by atoms with Crippen molar-refractivity contribution >= 4 is 21.7 Å². The van der Waals surface area contributed by atoms with E-state index in [9.17, 15) is 0 Å². The SMILES string of the molecule is COC(CNc1cc(-c2cncc(Br)c2)nc(C)n1)OC. The molecule has 0 radical (unpaired) electrons. The van der Waals surface area contributed by atoms with Gasteiger partial charge in [-0.1, -0.05) is 0 Å². The summed E-state index contributed by atoms with van der Waals surface area (Å²) in [5, 5.41) is 3.18. The van der Waals surface area contributed by atoms with Crippen LogP contribution in [0.3, 0.4) is 0 Å². The van der Waals surface area contributed by atoms with E-state index in [2.05, 4.69) is 36.2 Å². The Hall–Kier alpha value is -1.57. The molecule has 1 N–H and O–H groups in total. The third-order valence-corrected chi connectivity index (χ3v) is 3.25. The van der Waals surface area contributed by atoms with E-state index in [1.165, 1.54) is 0 Å². The van der Waals surface area contributed by atoms with E-state index < -0.39 is 0 Å². The molecule has 0 atom stereocenters. The summed E-state index contributed by atoms with van der Waals surface area (Å²) in [6, 6.07) is 3.84. The Morgan fingerprint density at radius 3 is 2.62 bits per heavy atom. The van der Waals surface area contributed by atoms with E-state index in [4.69, 9.17) is 9.47 Å². The van der Waals surface area contributed by atoms with Crippen molar-refractivity contribution in [2.24, 2.45) is 0 Å². The summed E-state index contributed by atoms with van der Waals surface area (Å²) >= 11 is 3.41. The van der Waals surface area contributed by atoms with Crippen LogP contribution in [0, 0.1) is 6.92 Å². The van der Waals surface area contributed by atoms with Gasteiger partial charge in [-0.2, -0.15) is 0 Å². The van der Waals surface area contributed by atoms with Crippen LogP contribution in [0.2, 0.25) is 0 Å². The molecule has 2 heterocycles. The Morgan fingerprint density at radius 1 is 1.19 bits per heavy atom. The second-order valence-corrected chi connectivity index (χ2v) is 5.28. The number of ether oxygens (including phenoxy) is 2. The molecule has 0 aliphatic heterocycles. The lowest BCUT2D eigenvalue weighted by molar-refractivity contribution is -0.0914. The third kappa shape index (κ3) is 4.45. The van der Waals surface area contributed by atoms with Gasteiger partial charge in [0.25, 0.3) is 0 Å². The van der Waals surface area contributed by atoms with Crippen LogP contribution in [0.15, 0.2) is 29.0 Å². The fourth-order valence-corrected chi connectivity index (χ4v) is 2.17. The number of methoxy groups -OCH3 is 2. The number of halogens is 1. The van der Waals surface area contributed by atoms with E-state index >= 15 is 0 Å². The first-order valence-electron chi connectivity index (χ1n) is 6.38. The lowest BCUT2D eigenvalue weighted by Gasteiger charge is -2.15. The van der Waals surface area contributed by atoms with Gasteiger partial charge in [-0.3, -0.25) is 4.98 Å². The van der Waals surface area contributed by atoms with Crippen molar-refractivity contribution in [3.63, 3.8) is 0 Å². The van der Waals surface area contributed by atoms with Gasteiger partial charge in [-0.25, -0.2) is 9.97 Å². The molecule has 0 fully saturated rings. The molecule has 6 nitrogen and oxygen atoms in total. The smallest absolute Gasteiger partial charge is 0.173 e. The second-order valence-electron chi connectivity index (χ2n) is 4.36. The van der Waals surface area contributed by atoms with Crippen LogP contribution in [-0.2, 0) is 9.47 Å². The zero-order valence-corrected chi connectivity index (χ0v) is 13.7. The third-order valence-electron chi connectivity index (χ3n) is 2.81. The first-order valence-corrected chi connectivity index (χ1v) is 7.17. The van der Waals surface area contributed by atoms with Gasteiger partial charge < -0.3 is 14.8 Å². The highest BCUT2D eigenvalue weighted by molar-refractivity contribution is 9.10. The summed E-state index contributed by atoms with van der Waals surface area (Å²) in [4.78, 5) is 12.9. The lowest BCUT2D eigenvalue weighted by Crippen LogP contribution is -2.24. The Kier molecular flexibility index (Phi) is 5.60. The first-order chi connectivity index (χ1) is 10.1. The van der Waals surface area contributed by atoms with E-state index in [-0.39, 0.29) is 6.29 Å². The summed E-state index contributed by atoms with van der Waals surface area (Å²) < 4.78 is 11.2. The van der Waals surface area contributed by atoms with E-state index in [0.717, 1.165) is 21.5 Å². The molecule has 2 aromatic rings. The molecular weight excluding hydrogens is 336 g/mol. The minimum absolute atomic E-state index is 0.323. The quantitative estimate of drug-likeness (QED) is 0.806. The largest absolute Gasteiger partial charge is 0.365 e. The normalized spacial score (nSPS) is 10.9. The van der Waals surface area contributed by atoms with Crippen molar-refractivity contribution < 1.29 is 9.47 Å². The molecule has 0 aliphatic carbocycles. The predicted molar refractivity (Wildman–Crippen MR) is 84.0 cm³/mol. The number of nitrogens with zero attached hydrogens (tertiary/aromatic N) is 3. The van der Waals surface area contributed by atoms with Crippen molar-refractivity contribution in [2.75, 3.05) is 26.1 Å². The van der Waals surface area contributed by atoms with Crippen LogP contribution in [0.4, 0.5) is 5.82 Å². The van der Waals surface area contributed by atoms with Crippen LogP contribution in [0.5, 0.6) is 0 Å². The van der Waals surface area contributed by atoms with Crippen LogP contribution >= 0.6 is 15.9 Å². The van der Waals surface area contributed by atoms with Gasteiger partial charge in [0.2, 0.25) is 0 Å². The summed E-state index contributed by atoms with van der Waals surface area (Å²) in [5.74, 6) is 1.40. The highest BCUT2D eigenvalue weighted by atomic mass is 79.9. The number of hydrogen-bond acceptors (Lipinski definition) is 6. The highest BCUT2D eigenvalue weighted by Crippen LogP contribution is 2.22. The maximum Gasteiger partial charge on any atom is 0.173 e. The van der Waals surface area contributed by atoms with Crippen LogP contribution in [-0.4, -0.2) is 42.0 Å². The van der Waals surface area contributed by atoms with Crippen molar-refractivity contribution in [2.45, 2.75) is 13.2 Å². The Balaban J connectivity index is 2.21. The molecule has 0 saturated carbocycles. The van der Waals surface area contributed by atoms with Crippen LogP contribution in [0.25, 0.3) is 11.3 Å². The standard InChI is InChI=1S/C14H17BrN4O2/c1-9-18-12(10-4-11(15)7-16-6-10)5-13(19-9)17-8-14(20-2)21-3/h4-7,14H,8H2,1-3H3,(H,17,18,19). The summed E-state index contributed by atoms with van der Waals surface area (Å²) in [6.07, 6.45) is 3.18. The van der Waals surface area contributed by atoms with Crippen LogP contribution < -0.4 is 5.32 Å². The van der Waals surface area contributed by atoms with Crippen molar-refractivity contribution in [1.82, 2.24) is 15.0 Å². The van der Waals surface area contributed by atoms with Crippen LogP contribution in [0.1, 0.15) is 5.82 Å². The number of nitrogens with one attached hydrogen (secondary N) is 1. The number of aryl methyl sites for hydroxylation is 1. The van der Waals surface area contributed by atoms with Gasteiger partial charge in [0.05, 0.1) is 12.2 Å². The van der Waals surface area contributed by atoms with Crippen molar-refractivity contribution in [3.8, 4) is 11.3 Å². The molecule has 0 saturated heterocycles. The van der Waals surface area contributed by atoms with Gasteiger partial charge in [-0.15, -0.1) is 0 Å². The van der Waals surface area contributed by atoms with E-state index in [1.807, 2.05) is 19.1 Å². The van der Waals surface area contributed by atoms with Gasteiger partial charge in [0.1, 0.15) is 11.6 Å². The molecule has 112 valence electrons. The Morgan fingerprint density at radius 2 is 1.95 bits per heavy atom. The Bertz CT molecular complexity index is 605. The topological polar surface area (TPSA) is 69.2 Å². The molecule has 2 rings (SSSR count). The molecule has 0 aliphatic rings. The molecule has 0 spiro atoms. The first kappa shape index (κ1) is 15.8. The van der Waals surface area contributed by atoms with Crippen molar-refractivity contribution in [1.29, 1.82) is 0 Å². The molecular formula is C14H17BrN4O2. The maximum absolute atomic E-state index is 5.14. The summed E-state index contributed by atoms with van der Waals surface area (Å²) in [6.45, 7) is 2.35. The number of anilines is 1. The summed E-state index contributed by atoms with van der Waals surface area (Å²) in [5.41, 5.74) is 1.73. The molecule has 2 aromatic heterocycles. The number of hydrogen-bond donors (Lipinski definition) is 1. The summed E-state index contributed by atoms with van der Waals surface area (Å²) in [7, 11) is 3.19. The zero-order valence-electron chi connectivity index (χ0n) is 12.1. The average Bonchev–Trinajstić information content (AvgIpc) is 2.48. The zero-order chi connectivity index (χ0) is 15.2. The highest BCUT2D eigenvalue weighted by Gasteiger charge is 2.08. The number of rotatable bonds is 6. The minimum atomic E-state index is -0.323. The van der Waals surface area contributed by atoms with E-state index in [1.54, 1.807) is 26.6 Å². The molecule has 21 heavy (non-hydrogen) atoms. The monoisotopic (exact) mass is 352 g/mol. The Labute approximate surface area is 132 Å². The molecule has 7 heteroatoms. The lowest BCUT2D eigenvalue weighted by atomic mass is 10.2. The molecule has 0 amide bonds. The molecule has 0 aromatic carbocycles. The molecule has 0 unspecified atom stereocenters.